The van der Waals surface area contributed by atoms with Gasteiger partial charge in [-0.05, 0) is 91.7 Å². The largest absolute Gasteiger partial charge is 0.510 e. The minimum atomic E-state index is -0.792. The number of rotatable bonds is 4. The number of amides is 1. The lowest BCUT2D eigenvalue weighted by Gasteiger charge is -2.52. The molecule has 1 amide bonds. The quantitative estimate of drug-likeness (QED) is 0.137. The zero-order chi connectivity index (χ0) is 30.6. The summed E-state index contributed by atoms with van der Waals surface area (Å²) >= 11 is 0. The number of ketones is 1. The van der Waals surface area contributed by atoms with Crippen LogP contribution in [0.5, 0.6) is 11.5 Å². The lowest BCUT2D eigenvalue weighted by atomic mass is 9.57. The monoisotopic (exact) mass is 593 g/mol. The van der Waals surface area contributed by atoms with Crippen LogP contribution in [0, 0.1) is 47.3 Å². The number of ether oxygens (including phenoxy) is 2. The molecular formula is C35H47NO7. The van der Waals surface area contributed by atoms with Gasteiger partial charge in [0.1, 0.15) is 23.0 Å². The van der Waals surface area contributed by atoms with Crippen molar-refractivity contribution in [3.05, 3.63) is 47.4 Å². The number of nitrogens with one attached hydrogen (secondary N) is 1. The fourth-order valence-electron chi connectivity index (χ4n) is 8.84. The molecule has 1 aromatic carbocycles. The van der Waals surface area contributed by atoms with Crippen LogP contribution in [-0.4, -0.2) is 38.9 Å². The summed E-state index contributed by atoms with van der Waals surface area (Å²) in [7, 11) is 0. The van der Waals surface area contributed by atoms with Crippen molar-refractivity contribution in [2.24, 2.45) is 47.3 Å². The van der Waals surface area contributed by atoms with Crippen LogP contribution in [-0.2, 0) is 19.1 Å². The number of carbonyl (C=O) groups is 2. The third-order valence-electron chi connectivity index (χ3n) is 11.5. The maximum absolute atomic E-state index is 12.7. The standard InChI is InChI=1S/C35H47NO7/c1-18-5-7-22-8-9-23(31(30(22)21(18)4)33(41)32-28(39)17-29(40)36-32)15-27-10-6-20(3)35(42-27)12-11-19(2)34(43-35)24-13-25(37)16-26(38)14-24/h8-9,13-14,16,18-23,27,30-31,34,37-38,41H,5-7,10-12,15,17H2,1-4H3,(H,36,40)/t18-,19-,20-,21+,22+,23+,27-,30+,31+,34-,35+/m1/s1. The summed E-state index contributed by atoms with van der Waals surface area (Å²) in [4.78, 5) is 24.8. The minimum Gasteiger partial charge on any atom is -0.510 e. The van der Waals surface area contributed by atoms with Crippen LogP contribution in [0.3, 0.4) is 0 Å². The van der Waals surface area contributed by atoms with Crippen LogP contribution >= 0.6 is 0 Å². The molecule has 3 aliphatic heterocycles. The Balaban J connectivity index is 1.28. The highest BCUT2D eigenvalue weighted by molar-refractivity contribution is 6.14. The molecular weight excluding hydrogens is 546 g/mol. The predicted octanol–water partition coefficient (Wildman–Crippen LogP) is 6.45. The second kappa shape index (κ2) is 11.6. The molecule has 8 heteroatoms. The van der Waals surface area contributed by atoms with E-state index in [1.165, 1.54) is 6.07 Å². The van der Waals surface area contributed by atoms with E-state index in [1.807, 2.05) is 0 Å². The Morgan fingerprint density at radius 2 is 1.67 bits per heavy atom. The Morgan fingerprint density at radius 3 is 2.37 bits per heavy atom. The van der Waals surface area contributed by atoms with E-state index in [9.17, 15) is 24.9 Å². The number of aliphatic hydroxyl groups excluding tert-OH is 1. The van der Waals surface area contributed by atoms with Crippen molar-refractivity contribution in [2.45, 2.75) is 97.1 Å². The first-order chi connectivity index (χ1) is 20.5. The molecule has 4 N–H and O–H groups in total. The molecule has 0 unspecified atom stereocenters. The lowest BCUT2D eigenvalue weighted by molar-refractivity contribution is -0.348. The first-order valence-corrected chi connectivity index (χ1v) is 16.3. The fraction of sp³-hybridized carbons (Fsp3) is 0.657. The van der Waals surface area contributed by atoms with Gasteiger partial charge in [0.2, 0.25) is 5.91 Å². The average molecular weight is 594 g/mol. The number of hydrogen-bond donors (Lipinski definition) is 4. The van der Waals surface area contributed by atoms with Gasteiger partial charge in [-0.3, -0.25) is 9.59 Å². The summed E-state index contributed by atoms with van der Waals surface area (Å²) in [5.41, 5.74) is 0.819. The number of fused-ring (bicyclic) bond motifs is 1. The molecule has 1 spiro atoms. The number of Topliss-reactive ketones (excluding diaryl/α,β-unsaturated/α-hetero) is 1. The molecule has 234 valence electrons. The van der Waals surface area contributed by atoms with Gasteiger partial charge < -0.3 is 30.1 Å². The molecule has 43 heavy (non-hydrogen) atoms. The molecule has 4 fully saturated rings. The van der Waals surface area contributed by atoms with E-state index in [0.29, 0.717) is 24.2 Å². The molecule has 5 aliphatic rings. The van der Waals surface area contributed by atoms with E-state index < -0.39 is 5.79 Å². The molecule has 1 aromatic rings. The topological polar surface area (TPSA) is 125 Å². The van der Waals surface area contributed by atoms with Crippen LogP contribution in [0.4, 0.5) is 0 Å². The molecule has 6 rings (SSSR count). The van der Waals surface area contributed by atoms with Crippen molar-refractivity contribution in [1.82, 2.24) is 5.32 Å². The summed E-state index contributed by atoms with van der Waals surface area (Å²) in [6.07, 6.45) is 10.2. The van der Waals surface area contributed by atoms with Gasteiger partial charge in [0, 0.05) is 24.3 Å². The molecule has 3 heterocycles. The number of benzene rings is 1. The van der Waals surface area contributed by atoms with Crippen LogP contribution in [0.15, 0.2) is 41.8 Å². The molecule has 0 radical (unpaired) electrons. The zero-order valence-electron chi connectivity index (χ0n) is 25.8. The maximum atomic E-state index is 12.7. The van der Waals surface area contributed by atoms with Crippen LogP contribution in [0.1, 0.15) is 90.7 Å². The summed E-state index contributed by atoms with van der Waals surface area (Å²) in [6.45, 7) is 8.84. The molecule has 0 bridgehead atoms. The van der Waals surface area contributed by atoms with Gasteiger partial charge in [0.25, 0.3) is 0 Å². The zero-order valence-corrected chi connectivity index (χ0v) is 25.8. The average Bonchev–Trinajstić information content (AvgIpc) is 3.30. The normalized spacial score (nSPS) is 42.5. The number of allylic oxidation sites excluding steroid dienone is 4. The fourth-order valence-corrected chi connectivity index (χ4v) is 8.84. The smallest absolute Gasteiger partial charge is 0.232 e. The number of aliphatic hydroxyl groups is 1. The van der Waals surface area contributed by atoms with Crippen LogP contribution < -0.4 is 5.32 Å². The number of carbonyl (C=O) groups excluding carboxylic acids is 2. The Hall–Kier alpha value is -2.84. The predicted molar refractivity (Wildman–Crippen MR) is 161 cm³/mol. The van der Waals surface area contributed by atoms with Crippen molar-refractivity contribution in [3.63, 3.8) is 0 Å². The third-order valence-corrected chi connectivity index (χ3v) is 11.5. The second-order valence-corrected chi connectivity index (χ2v) is 14.2. The molecule has 11 atom stereocenters. The number of aromatic hydroxyl groups is 2. The Bertz CT molecular complexity index is 1300. The highest BCUT2D eigenvalue weighted by Crippen LogP contribution is 2.54. The Labute approximate surface area is 254 Å². The van der Waals surface area contributed by atoms with Crippen LogP contribution in [0.25, 0.3) is 0 Å². The van der Waals surface area contributed by atoms with Gasteiger partial charge in [-0.1, -0.05) is 39.8 Å². The number of hydrogen-bond acceptors (Lipinski definition) is 7. The molecule has 2 aliphatic carbocycles. The van der Waals surface area contributed by atoms with Crippen molar-refractivity contribution >= 4 is 11.7 Å². The SMILES string of the molecule is C[C@@H]1[C@@H]2[C@@H](C(O)=C3NC(=O)CC3=O)[C@H](C[C@H]3CC[C@@H](C)[C@@]4(CC[C@@H](C)[C@H](c5cc(O)cc(O)c5)O4)O3)C=C[C@@H]2CC[C@H]1C. The Morgan fingerprint density at radius 1 is 0.930 bits per heavy atom. The van der Waals surface area contributed by atoms with Gasteiger partial charge >= 0.3 is 0 Å². The van der Waals surface area contributed by atoms with Crippen molar-refractivity contribution in [2.75, 3.05) is 0 Å². The maximum Gasteiger partial charge on any atom is 0.232 e. The minimum absolute atomic E-state index is 0.00598. The van der Waals surface area contributed by atoms with Gasteiger partial charge in [-0.2, -0.15) is 0 Å². The van der Waals surface area contributed by atoms with Crippen molar-refractivity contribution in [3.8, 4) is 11.5 Å². The van der Waals surface area contributed by atoms with E-state index in [-0.39, 0.29) is 82.9 Å². The van der Waals surface area contributed by atoms with Crippen LogP contribution in [0.2, 0.25) is 0 Å². The summed E-state index contributed by atoms with van der Waals surface area (Å²) in [5.74, 6) is -0.0774. The van der Waals surface area contributed by atoms with E-state index >= 15 is 0 Å². The van der Waals surface area contributed by atoms with E-state index in [4.69, 9.17) is 9.47 Å². The molecule has 3 saturated heterocycles. The summed E-state index contributed by atoms with van der Waals surface area (Å²) in [5, 5.41) is 34.7. The molecule has 8 nitrogen and oxygen atoms in total. The van der Waals surface area contributed by atoms with Crippen molar-refractivity contribution in [1.29, 1.82) is 0 Å². The first-order valence-electron chi connectivity index (χ1n) is 16.3. The molecule has 0 aromatic heterocycles. The highest BCUT2D eigenvalue weighted by atomic mass is 16.7. The van der Waals surface area contributed by atoms with Crippen molar-refractivity contribution < 1.29 is 34.4 Å². The van der Waals surface area contributed by atoms with Gasteiger partial charge in [0.15, 0.2) is 11.6 Å². The molecule has 1 saturated carbocycles. The second-order valence-electron chi connectivity index (χ2n) is 14.2. The number of phenolic OH excluding ortho intramolecular Hbond substituents is 2. The van der Waals surface area contributed by atoms with E-state index in [2.05, 4.69) is 45.2 Å². The van der Waals surface area contributed by atoms with Gasteiger partial charge in [-0.25, -0.2) is 0 Å². The third kappa shape index (κ3) is 5.61. The lowest BCUT2D eigenvalue weighted by Crippen LogP contribution is -2.53. The number of phenols is 2. The highest BCUT2D eigenvalue weighted by Gasteiger charge is 2.52. The van der Waals surface area contributed by atoms with E-state index in [1.54, 1.807) is 12.1 Å². The van der Waals surface area contributed by atoms with Gasteiger partial charge in [-0.15, -0.1) is 0 Å². The van der Waals surface area contributed by atoms with E-state index in [0.717, 1.165) is 44.1 Å². The summed E-state index contributed by atoms with van der Waals surface area (Å²) < 4.78 is 13.8. The Kier molecular flexibility index (Phi) is 8.14. The van der Waals surface area contributed by atoms with Gasteiger partial charge in [0.05, 0.1) is 18.6 Å². The first kappa shape index (κ1) is 30.2. The summed E-state index contributed by atoms with van der Waals surface area (Å²) in [6, 6.07) is 4.64.